The minimum absolute atomic E-state index is 0.900. The minimum atomic E-state index is 0.900. The number of pyridine rings is 1. The Morgan fingerprint density at radius 2 is 1.93 bits per heavy atom. The van der Waals surface area contributed by atoms with E-state index in [0.717, 1.165) is 17.0 Å². The lowest BCUT2D eigenvalue weighted by Gasteiger charge is -2.04. The van der Waals surface area contributed by atoms with Gasteiger partial charge in [-0.2, -0.15) is 0 Å². The van der Waals surface area contributed by atoms with Gasteiger partial charge in [0.1, 0.15) is 0 Å². The molecule has 0 aromatic carbocycles. The summed E-state index contributed by atoms with van der Waals surface area (Å²) in [6, 6.07) is 7.87. The molecule has 0 aliphatic carbocycles. The van der Waals surface area contributed by atoms with Crippen LogP contribution < -0.4 is 0 Å². The summed E-state index contributed by atoms with van der Waals surface area (Å²) in [7, 11) is 1.95. The van der Waals surface area contributed by atoms with Crippen molar-refractivity contribution in [3.8, 4) is 11.3 Å². The van der Waals surface area contributed by atoms with Crippen molar-refractivity contribution >= 4 is 6.21 Å². The lowest BCUT2D eigenvalue weighted by atomic mass is 10.2. The molecule has 70 valence electrons. The van der Waals surface area contributed by atoms with E-state index in [1.807, 2.05) is 35.9 Å². The Labute approximate surface area is 82.5 Å². The number of hydrogen-bond acceptors (Lipinski definition) is 2. The fourth-order valence-electron chi connectivity index (χ4n) is 1.48. The molecule has 2 rings (SSSR count). The molecule has 2 heterocycles. The average molecular weight is 185 g/mol. The van der Waals surface area contributed by atoms with Gasteiger partial charge in [-0.3, -0.25) is 4.98 Å². The van der Waals surface area contributed by atoms with Gasteiger partial charge in [-0.1, -0.05) is 0 Å². The van der Waals surface area contributed by atoms with Crippen molar-refractivity contribution in [1.29, 1.82) is 5.41 Å². The number of aromatic nitrogens is 2. The van der Waals surface area contributed by atoms with E-state index in [-0.39, 0.29) is 0 Å². The van der Waals surface area contributed by atoms with Gasteiger partial charge in [-0.15, -0.1) is 0 Å². The fraction of sp³-hybridized carbons (Fsp3) is 0.0909. The highest BCUT2D eigenvalue weighted by molar-refractivity contribution is 5.77. The summed E-state index contributed by atoms with van der Waals surface area (Å²) in [6.45, 7) is 0. The second-order valence-electron chi connectivity index (χ2n) is 3.08. The first-order valence-corrected chi connectivity index (χ1v) is 4.39. The topological polar surface area (TPSA) is 41.7 Å². The third kappa shape index (κ3) is 1.33. The lowest BCUT2D eigenvalue weighted by Crippen LogP contribution is -1.96. The Morgan fingerprint density at radius 1 is 1.21 bits per heavy atom. The first kappa shape index (κ1) is 8.69. The van der Waals surface area contributed by atoms with E-state index >= 15 is 0 Å². The predicted molar refractivity (Wildman–Crippen MR) is 56.5 cm³/mol. The molecule has 1 N–H and O–H groups in total. The zero-order valence-electron chi connectivity index (χ0n) is 7.94. The molecule has 0 saturated heterocycles. The molecule has 0 spiro atoms. The fourth-order valence-corrected chi connectivity index (χ4v) is 1.48. The van der Waals surface area contributed by atoms with Crippen LogP contribution in [0, 0.1) is 5.41 Å². The Hall–Kier alpha value is -1.90. The molecule has 0 atom stereocenters. The summed E-state index contributed by atoms with van der Waals surface area (Å²) < 4.78 is 1.99. The van der Waals surface area contributed by atoms with Crippen LogP contribution in [0.15, 0.2) is 36.7 Å². The lowest BCUT2D eigenvalue weighted by molar-refractivity contribution is 0.926. The summed E-state index contributed by atoms with van der Waals surface area (Å²) in [6.07, 6.45) is 4.89. The third-order valence-electron chi connectivity index (χ3n) is 2.28. The Bertz CT molecular complexity index is 443. The van der Waals surface area contributed by atoms with E-state index in [2.05, 4.69) is 4.98 Å². The minimum Gasteiger partial charge on any atom is -0.343 e. The molecule has 0 unspecified atom stereocenters. The molecular formula is C11H11N3. The van der Waals surface area contributed by atoms with E-state index in [1.165, 1.54) is 6.21 Å². The molecule has 2 aromatic rings. The smallest absolute Gasteiger partial charge is 0.0587 e. The van der Waals surface area contributed by atoms with Crippen LogP contribution in [0.5, 0.6) is 0 Å². The molecule has 0 radical (unpaired) electrons. The van der Waals surface area contributed by atoms with Gasteiger partial charge >= 0.3 is 0 Å². The summed E-state index contributed by atoms with van der Waals surface area (Å²) in [5.74, 6) is 0. The number of hydrogen-bond donors (Lipinski definition) is 1. The van der Waals surface area contributed by atoms with Crippen molar-refractivity contribution in [3.05, 3.63) is 42.4 Å². The van der Waals surface area contributed by atoms with E-state index in [1.54, 1.807) is 12.4 Å². The van der Waals surface area contributed by atoms with Crippen molar-refractivity contribution < 1.29 is 0 Å². The van der Waals surface area contributed by atoms with Crippen LogP contribution >= 0.6 is 0 Å². The van der Waals surface area contributed by atoms with Crippen molar-refractivity contribution in [2.24, 2.45) is 7.05 Å². The highest BCUT2D eigenvalue weighted by atomic mass is 15.0. The zero-order chi connectivity index (χ0) is 9.97. The molecule has 3 heteroatoms. The third-order valence-corrected chi connectivity index (χ3v) is 2.28. The molecular weight excluding hydrogens is 174 g/mol. The largest absolute Gasteiger partial charge is 0.343 e. The van der Waals surface area contributed by atoms with Gasteiger partial charge in [0.25, 0.3) is 0 Å². The van der Waals surface area contributed by atoms with Gasteiger partial charge in [0.2, 0.25) is 0 Å². The Morgan fingerprint density at radius 3 is 2.50 bits per heavy atom. The van der Waals surface area contributed by atoms with E-state index in [0.29, 0.717) is 0 Å². The van der Waals surface area contributed by atoms with Crippen molar-refractivity contribution in [1.82, 2.24) is 9.55 Å². The van der Waals surface area contributed by atoms with Crippen molar-refractivity contribution in [3.63, 3.8) is 0 Å². The van der Waals surface area contributed by atoms with Crippen LogP contribution in [0.1, 0.15) is 5.69 Å². The van der Waals surface area contributed by atoms with E-state index in [4.69, 9.17) is 5.41 Å². The molecule has 2 aromatic heterocycles. The number of nitrogens with zero attached hydrogens (tertiary/aromatic N) is 2. The maximum Gasteiger partial charge on any atom is 0.0587 e. The normalized spacial score (nSPS) is 10.1. The van der Waals surface area contributed by atoms with Crippen LogP contribution in [-0.4, -0.2) is 15.8 Å². The molecule has 0 aliphatic heterocycles. The molecule has 0 saturated carbocycles. The van der Waals surface area contributed by atoms with Crippen LogP contribution in [0.25, 0.3) is 11.3 Å². The molecule has 3 nitrogen and oxygen atoms in total. The van der Waals surface area contributed by atoms with Gasteiger partial charge < -0.3 is 9.98 Å². The summed E-state index contributed by atoms with van der Waals surface area (Å²) in [4.78, 5) is 3.97. The molecule has 0 amide bonds. The number of rotatable bonds is 2. The highest BCUT2D eigenvalue weighted by Crippen LogP contribution is 2.19. The van der Waals surface area contributed by atoms with E-state index < -0.39 is 0 Å². The van der Waals surface area contributed by atoms with Gasteiger partial charge in [-0.05, 0) is 24.3 Å². The SMILES string of the molecule is Cn1c(C=N)ccc1-c1ccncc1. The molecule has 0 bridgehead atoms. The van der Waals surface area contributed by atoms with Crippen LogP contribution in [0.3, 0.4) is 0 Å². The summed E-state index contributed by atoms with van der Waals surface area (Å²) >= 11 is 0. The monoisotopic (exact) mass is 185 g/mol. The second-order valence-corrected chi connectivity index (χ2v) is 3.08. The van der Waals surface area contributed by atoms with Crippen molar-refractivity contribution in [2.75, 3.05) is 0 Å². The van der Waals surface area contributed by atoms with Crippen LogP contribution in [0.4, 0.5) is 0 Å². The zero-order valence-corrected chi connectivity index (χ0v) is 7.94. The van der Waals surface area contributed by atoms with Crippen LogP contribution in [0.2, 0.25) is 0 Å². The van der Waals surface area contributed by atoms with Crippen molar-refractivity contribution in [2.45, 2.75) is 0 Å². The van der Waals surface area contributed by atoms with Crippen LogP contribution in [-0.2, 0) is 7.05 Å². The highest BCUT2D eigenvalue weighted by Gasteiger charge is 2.03. The second kappa shape index (κ2) is 3.46. The maximum atomic E-state index is 7.20. The molecule has 0 aliphatic rings. The molecule has 14 heavy (non-hydrogen) atoms. The first-order valence-electron chi connectivity index (χ1n) is 4.39. The first-order chi connectivity index (χ1) is 6.83. The van der Waals surface area contributed by atoms with Gasteiger partial charge in [0.15, 0.2) is 0 Å². The predicted octanol–water partition coefficient (Wildman–Crippen LogP) is 2.08. The van der Waals surface area contributed by atoms with Gasteiger partial charge in [0, 0.05) is 36.9 Å². The quantitative estimate of drug-likeness (QED) is 0.715. The Balaban J connectivity index is 2.53. The molecule has 0 fully saturated rings. The standard InChI is InChI=1S/C11H11N3/c1-14-10(8-12)2-3-11(14)9-4-6-13-7-5-9/h2-8,12H,1H3. The maximum absolute atomic E-state index is 7.20. The van der Waals surface area contributed by atoms with Gasteiger partial charge in [-0.25, -0.2) is 0 Å². The number of nitrogens with one attached hydrogen (secondary N) is 1. The Kier molecular flexibility index (Phi) is 2.14. The average Bonchev–Trinajstić information content (AvgIpc) is 2.61. The van der Waals surface area contributed by atoms with E-state index in [9.17, 15) is 0 Å². The summed E-state index contributed by atoms with van der Waals surface area (Å²) in [5, 5.41) is 7.20. The summed E-state index contributed by atoms with van der Waals surface area (Å²) in [5.41, 5.74) is 3.12. The van der Waals surface area contributed by atoms with Gasteiger partial charge in [0.05, 0.1) is 5.69 Å².